The van der Waals surface area contributed by atoms with E-state index < -0.39 is 5.97 Å². The Hall–Kier alpha value is -2.42. The minimum absolute atomic E-state index is 0.0511. The molecule has 9 heteroatoms. The van der Waals surface area contributed by atoms with Crippen LogP contribution in [0.25, 0.3) is 0 Å². The lowest BCUT2D eigenvalue weighted by molar-refractivity contribution is -0.146. The van der Waals surface area contributed by atoms with Gasteiger partial charge in [0.25, 0.3) is 5.24 Å². The van der Waals surface area contributed by atoms with Crippen molar-refractivity contribution in [2.24, 2.45) is 0 Å². The quantitative estimate of drug-likeness (QED) is 0.541. The van der Waals surface area contributed by atoms with E-state index in [1.165, 1.54) is 4.68 Å². The number of benzene rings is 1. The number of aromatic nitrogens is 4. The Morgan fingerprint density at radius 2 is 1.81 bits per heavy atom. The molecule has 26 heavy (non-hydrogen) atoms. The van der Waals surface area contributed by atoms with Gasteiger partial charge in [-0.1, -0.05) is 30.3 Å². The molecule has 0 N–H and O–H groups in total. The summed E-state index contributed by atoms with van der Waals surface area (Å²) in [6.07, 6.45) is 0. The minimum atomic E-state index is -0.472. The summed E-state index contributed by atoms with van der Waals surface area (Å²) in [5.41, 5.74) is 0.895. The van der Waals surface area contributed by atoms with Crippen molar-refractivity contribution in [1.29, 1.82) is 0 Å². The van der Waals surface area contributed by atoms with E-state index in [1.807, 2.05) is 58.0 Å². The maximum absolute atomic E-state index is 12.5. The molecule has 2 aromatic rings. The predicted octanol–water partition coefficient (Wildman–Crippen LogP) is 2.75. The number of carbonyl (C=O) groups is 2. The Morgan fingerprint density at radius 3 is 2.42 bits per heavy atom. The normalized spacial score (nSPS) is 11.0. The number of hydrogen-bond donors (Lipinski definition) is 0. The van der Waals surface area contributed by atoms with Gasteiger partial charge in [0, 0.05) is 23.8 Å². The largest absolute Gasteiger partial charge is 0.459 e. The minimum Gasteiger partial charge on any atom is -0.459 e. The van der Waals surface area contributed by atoms with Gasteiger partial charge in [-0.05, 0) is 43.7 Å². The Morgan fingerprint density at radius 1 is 1.15 bits per heavy atom. The zero-order valence-corrected chi connectivity index (χ0v) is 16.1. The molecule has 1 heterocycles. The van der Waals surface area contributed by atoms with Gasteiger partial charge in [0.05, 0.1) is 0 Å². The zero-order chi connectivity index (χ0) is 19.1. The van der Waals surface area contributed by atoms with Crippen molar-refractivity contribution in [2.45, 2.75) is 58.1 Å². The smallest absolute Gasteiger partial charge is 0.328 e. The van der Waals surface area contributed by atoms with Crippen LogP contribution in [0.3, 0.4) is 0 Å². The van der Waals surface area contributed by atoms with E-state index in [9.17, 15) is 9.59 Å². The average Bonchev–Trinajstić information content (AvgIpc) is 3.00. The molecule has 0 saturated heterocycles. The summed E-state index contributed by atoms with van der Waals surface area (Å²) in [5, 5.41) is 11.3. The fraction of sp³-hybridized carbons (Fsp3) is 0.471. The molecule has 8 nitrogen and oxygen atoms in total. The molecular formula is C17H23N5O3S. The highest BCUT2D eigenvalue weighted by atomic mass is 32.2. The van der Waals surface area contributed by atoms with Crippen molar-refractivity contribution in [3.8, 4) is 0 Å². The van der Waals surface area contributed by atoms with Gasteiger partial charge in [0.15, 0.2) is 0 Å². The van der Waals surface area contributed by atoms with Crippen LogP contribution in [-0.4, -0.2) is 48.4 Å². The number of tetrazole rings is 1. The highest BCUT2D eigenvalue weighted by Gasteiger charge is 2.24. The SMILES string of the molecule is CC(C)N(C(=O)Sc1nnnn1CC(=O)OCc1ccccc1)C(C)C. The summed E-state index contributed by atoms with van der Waals surface area (Å²) >= 11 is 0.904. The van der Waals surface area contributed by atoms with E-state index >= 15 is 0 Å². The molecule has 0 bridgehead atoms. The molecule has 0 fully saturated rings. The number of ether oxygens (including phenoxy) is 1. The first kappa shape index (κ1) is 19.9. The van der Waals surface area contributed by atoms with Crippen molar-refractivity contribution in [3.63, 3.8) is 0 Å². The summed E-state index contributed by atoms with van der Waals surface area (Å²) in [7, 11) is 0. The third-order valence-electron chi connectivity index (χ3n) is 3.52. The topological polar surface area (TPSA) is 90.2 Å². The summed E-state index contributed by atoms with van der Waals surface area (Å²) < 4.78 is 6.50. The van der Waals surface area contributed by atoms with Gasteiger partial charge in [-0.15, -0.1) is 5.10 Å². The highest BCUT2D eigenvalue weighted by Crippen LogP contribution is 2.21. The molecule has 0 aliphatic heterocycles. The molecule has 0 unspecified atom stereocenters. The van der Waals surface area contributed by atoms with Gasteiger partial charge in [-0.2, -0.15) is 0 Å². The number of rotatable bonds is 7. The van der Waals surface area contributed by atoms with E-state index in [0.717, 1.165) is 17.3 Å². The molecule has 1 aromatic heterocycles. The number of carbonyl (C=O) groups excluding carboxylic acids is 2. The molecule has 1 aromatic carbocycles. The van der Waals surface area contributed by atoms with Crippen LogP contribution in [-0.2, 0) is 22.7 Å². The van der Waals surface area contributed by atoms with Gasteiger partial charge in [-0.25, -0.2) is 4.68 Å². The lowest BCUT2D eigenvalue weighted by Crippen LogP contribution is -2.39. The molecule has 2 rings (SSSR count). The van der Waals surface area contributed by atoms with Crippen LogP contribution in [0, 0.1) is 0 Å². The summed E-state index contributed by atoms with van der Waals surface area (Å²) in [6.45, 7) is 7.81. The van der Waals surface area contributed by atoms with Crippen LogP contribution < -0.4 is 0 Å². The third kappa shape index (κ3) is 5.55. The van der Waals surface area contributed by atoms with Crippen LogP contribution in [0.2, 0.25) is 0 Å². The van der Waals surface area contributed by atoms with Crippen LogP contribution in [0.4, 0.5) is 4.79 Å². The second kappa shape index (κ2) is 9.33. The van der Waals surface area contributed by atoms with E-state index in [1.54, 1.807) is 4.90 Å². The second-order valence-corrected chi connectivity index (χ2v) is 7.15. The fourth-order valence-corrected chi connectivity index (χ4v) is 3.39. The molecule has 0 aliphatic rings. The van der Waals surface area contributed by atoms with Gasteiger partial charge in [0.1, 0.15) is 13.2 Å². The van der Waals surface area contributed by atoms with Gasteiger partial charge in [-0.3, -0.25) is 9.59 Å². The molecule has 0 atom stereocenters. The van der Waals surface area contributed by atoms with Crippen molar-refractivity contribution >= 4 is 23.0 Å². The fourth-order valence-electron chi connectivity index (χ4n) is 2.42. The lowest BCUT2D eigenvalue weighted by atomic mass is 10.2. The van der Waals surface area contributed by atoms with E-state index in [-0.39, 0.29) is 35.6 Å². The monoisotopic (exact) mass is 377 g/mol. The molecular weight excluding hydrogens is 354 g/mol. The van der Waals surface area contributed by atoms with Crippen LogP contribution >= 0.6 is 11.8 Å². The molecule has 0 spiro atoms. The number of nitrogens with zero attached hydrogens (tertiary/aromatic N) is 5. The molecule has 0 saturated carbocycles. The molecule has 0 radical (unpaired) electrons. The van der Waals surface area contributed by atoms with Crippen LogP contribution in [0.5, 0.6) is 0 Å². The molecule has 1 amide bonds. The number of esters is 1. The zero-order valence-electron chi connectivity index (χ0n) is 15.3. The van der Waals surface area contributed by atoms with E-state index in [2.05, 4.69) is 15.5 Å². The predicted molar refractivity (Wildman–Crippen MR) is 97.4 cm³/mol. The molecule has 0 aliphatic carbocycles. The first-order valence-corrected chi connectivity index (χ1v) is 9.16. The van der Waals surface area contributed by atoms with Gasteiger partial charge in [0.2, 0.25) is 5.16 Å². The van der Waals surface area contributed by atoms with E-state index in [0.29, 0.717) is 0 Å². The average molecular weight is 377 g/mol. The maximum atomic E-state index is 12.5. The van der Waals surface area contributed by atoms with Crippen molar-refractivity contribution in [1.82, 2.24) is 25.1 Å². The van der Waals surface area contributed by atoms with Gasteiger partial charge < -0.3 is 9.64 Å². The number of thioether (sulfide) groups is 1. The first-order valence-electron chi connectivity index (χ1n) is 8.34. The first-order chi connectivity index (χ1) is 12.4. The number of amides is 1. The van der Waals surface area contributed by atoms with Crippen molar-refractivity contribution in [2.75, 3.05) is 0 Å². The van der Waals surface area contributed by atoms with Gasteiger partial charge >= 0.3 is 5.97 Å². The molecule has 140 valence electrons. The summed E-state index contributed by atoms with van der Waals surface area (Å²) in [5.74, 6) is -0.472. The van der Waals surface area contributed by atoms with Crippen molar-refractivity contribution < 1.29 is 14.3 Å². The Bertz CT molecular complexity index is 725. The standard InChI is InChI=1S/C17H23N5O3S/c1-12(2)22(13(3)4)17(24)26-16-18-19-20-21(16)10-15(23)25-11-14-8-6-5-7-9-14/h5-9,12-13H,10-11H2,1-4H3. The van der Waals surface area contributed by atoms with E-state index in [4.69, 9.17) is 4.74 Å². The van der Waals surface area contributed by atoms with Crippen LogP contribution in [0.15, 0.2) is 35.5 Å². The highest BCUT2D eigenvalue weighted by molar-refractivity contribution is 8.13. The van der Waals surface area contributed by atoms with Crippen molar-refractivity contribution in [3.05, 3.63) is 35.9 Å². The van der Waals surface area contributed by atoms with Crippen LogP contribution in [0.1, 0.15) is 33.3 Å². The lowest BCUT2D eigenvalue weighted by Gasteiger charge is -2.29. The maximum Gasteiger partial charge on any atom is 0.328 e. The number of hydrogen-bond acceptors (Lipinski definition) is 7. The second-order valence-electron chi connectivity index (χ2n) is 6.23. The Balaban J connectivity index is 1.95. The third-order valence-corrected chi connectivity index (χ3v) is 4.38. The summed E-state index contributed by atoms with van der Waals surface area (Å²) in [6, 6.07) is 9.49. The Kier molecular flexibility index (Phi) is 7.14. The Labute approximate surface area is 156 Å². The summed E-state index contributed by atoms with van der Waals surface area (Å²) in [4.78, 5) is 26.3.